The third-order valence-electron chi connectivity index (χ3n) is 2.85. The fourth-order valence-electron chi connectivity index (χ4n) is 2.05. The molecular weight excluding hydrogens is 190 g/mol. The zero-order valence-corrected chi connectivity index (χ0v) is 9.08. The fourth-order valence-corrected chi connectivity index (χ4v) is 2.05. The third kappa shape index (κ3) is 1.56. The summed E-state index contributed by atoms with van der Waals surface area (Å²) in [5.74, 6) is 0.429. The monoisotopic (exact) mass is 205 g/mol. The van der Waals surface area contributed by atoms with E-state index in [1.54, 1.807) is 4.90 Å². The highest BCUT2D eigenvalue weighted by Crippen LogP contribution is 2.29. The van der Waals surface area contributed by atoms with E-state index in [0.29, 0.717) is 6.42 Å². The van der Waals surface area contributed by atoms with Gasteiger partial charge in [0.1, 0.15) is 0 Å². The van der Waals surface area contributed by atoms with E-state index in [1.165, 1.54) is 0 Å². The molecule has 1 N–H and O–H groups in total. The maximum absolute atomic E-state index is 11.8. The molecule has 2 heterocycles. The van der Waals surface area contributed by atoms with E-state index < -0.39 is 0 Å². The molecule has 1 aliphatic rings. The van der Waals surface area contributed by atoms with Crippen molar-refractivity contribution >= 4 is 11.6 Å². The van der Waals surface area contributed by atoms with Crippen LogP contribution in [0.1, 0.15) is 17.8 Å². The number of hydrogen-bond donors (Lipinski definition) is 1. The number of carbonyl (C=O) groups excluding carboxylic acids is 1. The quantitative estimate of drug-likeness (QED) is 0.745. The molecule has 1 fully saturated rings. The first-order valence-corrected chi connectivity index (χ1v) is 5.08. The van der Waals surface area contributed by atoms with Crippen molar-refractivity contribution in [3.05, 3.63) is 24.0 Å². The molecule has 0 bridgehead atoms. The number of nitrogens with zero attached hydrogens (tertiary/aromatic N) is 2. The average molecular weight is 205 g/mol. The van der Waals surface area contributed by atoms with Crippen molar-refractivity contribution in [2.75, 3.05) is 11.4 Å². The Morgan fingerprint density at radius 2 is 2.33 bits per heavy atom. The maximum atomic E-state index is 11.8. The summed E-state index contributed by atoms with van der Waals surface area (Å²) in [4.78, 5) is 13.6. The molecule has 0 aliphatic carbocycles. The number of nitrogens with one attached hydrogen (secondary N) is 1. The molecule has 1 amide bonds. The van der Waals surface area contributed by atoms with Gasteiger partial charge >= 0.3 is 0 Å². The summed E-state index contributed by atoms with van der Waals surface area (Å²) in [6, 6.07) is 0. The number of rotatable bonds is 2. The first kappa shape index (κ1) is 9.96. The molecule has 80 valence electrons. The van der Waals surface area contributed by atoms with E-state index in [0.717, 1.165) is 23.6 Å². The topological polar surface area (TPSA) is 49.0 Å². The molecule has 1 saturated heterocycles. The lowest BCUT2D eigenvalue weighted by Crippen LogP contribution is -2.25. The molecule has 2 rings (SSSR count). The van der Waals surface area contributed by atoms with Crippen LogP contribution in [0.3, 0.4) is 0 Å². The normalized spacial score (nSPS) is 21.1. The van der Waals surface area contributed by atoms with Crippen molar-refractivity contribution < 1.29 is 4.79 Å². The van der Waals surface area contributed by atoms with Crippen LogP contribution in [-0.4, -0.2) is 22.6 Å². The Kier molecular flexibility index (Phi) is 2.34. The van der Waals surface area contributed by atoms with Crippen molar-refractivity contribution in [3.63, 3.8) is 0 Å². The Morgan fingerprint density at radius 3 is 2.80 bits per heavy atom. The Hall–Kier alpha value is -1.58. The van der Waals surface area contributed by atoms with Gasteiger partial charge in [-0.25, -0.2) is 0 Å². The molecule has 0 aromatic carbocycles. The molecule has 1 unspecified atom stereocenters. The third-order valence-corrected chi connectivity index (χ3v) is 2.85. The van der Waals surface area contributed by atoms with E-state index in [-0.39, 0.29) is 11.8 Å². The number of aromatic nitrogens is 2. The predicted molar refractivity (Wildman–Crippen MR) is 58.7 cm³/mol. The van der Waals surface area contributed by atoms with Crippen LogP contribution >= 0.6 is 0 Å². The summed E-state index contributed by atoms with van der Waals surface area (Å²) in [5, 5.41) is 7.00. The largest absolute Gasteiger partial charge is 0.308 e. The van der Waals surface area contributed by atoms with Gasteiger partial charge in [-0.15, -0.1) is 6.58 Å². The Labute approximate surface area is 89.0 Å². The molecule has 1 aliphatic heterocycles. The van der Waals surface area contributed by atoms with Gasteiger partial charge in [0.2, 0.25) is 5.91 Å². The van der Waals surface area contributed by atoms with Crippen molar-refractivity contribution in [2.24, 2.45) is 5.92 Å². The summed E-state index contributed by atoms with van der Waals surface area (Å²) >= 11 is 0. The van der Waals surface area contributed by atoms with Gasteiger partial charge in [0.05, 0.1) is 17.1 Å². The number of aryl methyl sites for hydroxylation is 2. The number of carbonyl (C=O) groups is 1. The van der Waals surface area contributed by atoms with Crippen molar-refractivity contribution in [1.29, 1.82) is 0 Å². The van der Waals surface area contributed by atoms with Crippen LogP contribution in [0.4, 0.5) is 5.69 Å². The predicted octanol–water partition coefficient (Wildman–Crippen LogP) is 1.57. The standard InChI is InChI=1S/C11H15N3O/c1-4-9-5-10(15)14(6-9)11-7(2)12-13-8(11)3/h4,9H,1,5-6H2,2-3H3,(H,12,13). The summed E-state index contributed by atoms with van der Waals surface area (Å²) in [6.45, 7) is 8.31. The van der Waals surface area contributed by atoms with E-state index >= 15 is 0 Å². The van der Waals surface area contributed by atoms with Crippen LogP contribution in [-0.2, 0) is 4.79 Å². The van der Waals surface area contributed by atoms with Gasteiger partial charge in [-0.1, -0.05) is 6.08 Å². The lowest BCUT2D eigenvalue weighted by molar-refractivity contribution is -0.117. The van der Waals surface area contributed by atoms with Crippen molar-refractivity contribution in [1.82, 2.24) is 10.2 Å². The highest BCUT2D eigenvalue weighted by Gasteiger charge is 2.31. The molecule has 15 heavy (non-hydrogen) atoms. The summed E-state index contributed by atoms with van der Waals surface area (Å²) in [5.41, 5.74) is 2.76. The molecule has 1 aromatic rings. The molecule has 0 radical (unpaired) electrons. The van der Waals surface area contributed by atoms with Crippen LogP contribution in [0.15, 0.2) is 12.7 Å². The van der Waals surface area contributed by atoms with E-state index in [1.807, 2.05) is 19.9 Å². The minimum absolute atomic E-state index is 0.160. The molecular formula is C11H15N3O. The summed E-state index contributed by atoms with van der Waals surface area (Å²) in [7, 11) is 0. The summed E-state index contributed by atoms with van der Waals surface area (Å²) in [6.07, 6.45) is 2.41. The van der Waals surface area contributed by atoms with Crippen molar-refractivity contribution in [3.8, 4) is 0 Å². The molecule has 1 aromatic heterocycles. The lowest BCUT2D eigenvalue weighted by atomic mass is 10.1. The zero-order valence-electron chi connectivity index (χ0n) is 9.08. The Balaban J connectivity index is 2.32. The van der Waals surface area contributed by atoms with Gasteiger partial charge in [0.25, 0.3) is 0 Å². The molecule has 0 spiro atoms. The zero-order chi connectivity index (χ0) is 11.0. The number of hydrogen-bond acceptors (Lipinski definition) is 2. The van der Waals surface area contributed by atoms with E-state index in [2.05, 4.69) is 16.8 Å². The fraction of sp³-hybridized carbons (Fsp3) is 0.455. The van der Waals surface area contributed by atoms with Gasteiger partial charge in [-0.2, -0.15) is 5.10 Å². The first-order chi connectivity index (χ1) is 7.13. The number of anilines is 1. The van der Waals surface area contributed by atoms with Gasteiger partial charge in [-0.3, -0.25) is 9.89 Å². The van der Waals surface area contributed by atoms with Gasteiger partial charge in [0.15, 0.2) is 0 Å². The molecule has 1 atom stereocenters. The van der Waals surface area contributed by atoms with E-state index in [9.17, 15) is 4.79 Å². The Bertz CT molecular complexity index is 388. The van der Waals surface area contributed by atoms with Crippen LogP contribution < -0.4 is 4.90 Å². The first-order valence-electron chi connectivity index (χ1n) is 5.08. The van der Waals surface area contributed by atoms with Crippen LogP contribution in [0.2, 0.25) is 0 Å². The second-order valence-corrected chi connectivity index (χ2v) is 3.99. The number of H-pyrrole nitrogens is 1. The second kappa shape index (κ2) is 3.53. The van der Waals surface area contributed by atoms with Crippen LogP contribution in [0.25, 0.3) is 0 Å². The highest BCUT2D eigenvalue weighted by atomic mass is 16.2. The number of aromatic amines is 1. The van der Waals surface area contributed by atoms with Gasteiger partial charge < -0.3 is 4.90 Å². The minimum atomic E-state index is 0.160. The Morgan fingerprint density at radius 1 is 1.60 bits per heavy atom. The second-order valence-electron chi connectivity index (χ2n) is 3.99. The highest BCUT2D eigenvalue weighted by molar-refractivity contribution is 5.97. The molecule has 4 nitrogen and oxygen atoms in total. The van der Waals surface area contributed by atoms with E-state index in [4.69, 9.17) is 0 Å². The summed E-state index contributed by atoms with van der Waals surface area (Å²) < 4.78 is 0. The molecule has 0 saturated carbocycles. The maximum Gasteiger partial charge on any atom is 0.227 e. The van der Waals surface area contributed by atoms with Gasteiger partial charge in [0, 0.05) is 18.9 Å². The number of amides is 1. The smallest absolute Gasteiger partial charge is 0.227 e. The lowest BCUT2D eigenvalue weighted by Gasteiger charge is -2.16. The molecule has 4 heteroatoms. The van der Waals surface area contributed by atoms with Crippen LogP contribution in [0.5, 0.6) is 0 Å². The van der Waals surface area contributed by atoms with Crippen molar-refractivity contribution in [2.45, 2.75) is 20.3 Å². The SMILES string of the molecule is C=CC1CC(=O)N(c2c(C)n[nH]c2C)C1. The van der Waals surface area contributed by atoms with Crippen LogP contribution in [0, 0.1) is 19.8 Å². The van der Waals surface area contributed by atoms with Gasteiger partial charge in [-0.05, 0) is 13.8 Å². The average Bonchev–Trinajstić information content (AvgIpc) is 2.71. The minimum Gasteiger partial charge on any atom is -0.308 e.